The summed E-state index contributed by atoms with van der Waals surface area (Å²) in [5, 5.41) is 22.3. The number of sulfone groups is 1. The molecule has 1 N–H and O–H groups in total. The van der Waals surface area contributed by atoms with E-state index in [1.807, 2.05) is 0 Å². The highest BCUT2D eigenvalue weighted by molar-refractivity contribution is 7.92. The molecule has 0 spiro atoms. The van der Waals surface area contributed by atoms with Gasteiger partial charge in [-0.1, -0.05) is 24.2 Å². The minimum absolute atomic E-state index is 0.0963. The second kappa shape index (κ2) is 5.58. The molecule has 0 unspecified atom stereocenters. The molecule has 0 aliphatic heterocycles. The zero-order valence-corrected chi connectivity index (χ0v) is 10.4. The van der Waals surface area contributed by atoms with Crippen LogP contribution in [0.5, 0.6) is 0 Å². The monoisotopic (exact) mass is 272 g/mol. The molecule has 18 heavy (non-hydrogen) atoms. The molecule has 0 radical (unpaired) electrons. The molecule has 7 nitrogen and oxygen atoms in total. The second-order valence-electron chi connectivity index (χ2n) is 3.53. The summed E-state index contributed by atoms with van der Waals surface area (Å²) in [7, 11) is -3.37. The summed E-state index contributed by atoms with van der Waals surface area (Å²) in [5.74, 6) is -0.553. The van der Waals surface area contributed by atoms with Crippen LogP contribution < -0.4 is 0 Å². The molecular formula is C10H12N2O5S. The summed E-state index contributed by atoms with van der Waals surface area (Å²) in [4.78, 5) is 9.99. The van der Waals surface area contributed by atoms with E-state index in [2.05, 4.69) is 5.16 Å². The van der Waals surface area contributed by atoms with Crippen LogP contribution in [0, 0.1) is 10.1 Å². The maximum Gasteiger partial charge on any atom is 0.270 e. The second-order valence-corrected chi connectivity index (χ2v) is 5.88. The van der Waals surface area contributed by atoms with Gasteiger partial charge in [0.2, 0.25) is 0 Å². The first-order valence-electron chi connectivity index (χ1n) is 5.06. The maximum absolute atomic E-state index is 11.4. The van der Waals surface area contributed by atoms with Gasteiger partial charge >= 0.3 is 0 Å². The molecule has 98 valence electrons. The Kier molecular flexibility index (Phi) is 4.38. The number of nitro benzene ring substituents is 1. The molecule has 0 saturated carbocycles. The Morgan fingerprint density at radius 2 is 2.17 bits per heavy atom. The van der Waals surface area contributed by atoms with E-state index in [0.29, 0.717) is 0 Å². The average molecular weight is 272 g/mol. The van der Waals surface area contributed by atoms with Crippen molar-refractivity contribution in [1.29, 1.82) is 0 Å². The van der Waals surface area contributed by atoms with Crippen molar-refractivity contribution in [3.63, 3.8) is 0 Å². The highest BCUT2D eigenvalue weighted by Gasteiger charge is 2.17. The Bertz CT molecular complexity index is 580. The number of nitrogens with zero attached hydrogens (tertiary/aromatic N) is 2. The number of non-ortho nitro benzene ring substituents is 1. The Morgan fingerprint density at radius 1 is 1.50 bits per heavy atom. The van der Waals surface area contributed by atoms with Crippen molar-refractivity contribution in [2.24, 2.45) is 5.16 Å². The third-order valence-electron chi connectivity index (χ3n) is 2.31. The van der Waals surface area contributed by atoms with Crippen molar-refractivity contribution in [3.05, 3.63) is 39.9 Å². The predicted octanol–water partition coefficient (Wildman–Crippen LogP) is 1.21. The topological polar surface area (TPSA) is 110 Å². The van der Waals surface area contributed by atoms with Gasteiger partial charge in [-0.05, 0) is 0 Å². The van der Waals surface area contributed by atoms with Crippen molar-refractivity contribution < 1.29 is 18.5 Å². The van der Waals surface area contributed by atoms with E-state index in [1.54, 1.807) is 0 Å². The number of benzene rings is 1. The number of oxime groups is 1. The van der Waals surface area contributed by atoms with E-state index in [1.165, 1.54) is 31.2 Å². The first kappa shape index (κ1) is 14.1. The fourth-order valence-corrected chi connectivity index (χ4v) is 2.12. The molecule has 0 heterocycles. The van der Waals surface area contributed by atoms with Gasteiger partial charge in [0.1, 0.15) is 5.71 Å². The van der Waals surface area contributed by atoms with Crippen molar-refractivity contribution in [3.8, 4) is 0 Å². The van der Waals surface area contributed by atoms with E-state index < -0.39 is 20.5 Å². The van der Waals surface area contributed by atoms with Crippen molar-refractivity contribution in [2.45, 2.75) is 6.92 Å². The standard InChI is InChI=1S/C10H12N2O5S/c1-2-18(16,17)7-10(11-13)8-4-3-5-9(6-8)12(14)15/h3-6,13H,2,7H2,1H3/b11-10+. The summed E-state index contributed by atoms with van der Waals surface area (Å²) < 4.78 is 22.9. The van der Waals surface area contributed by atoms with Gasteiger partial charge in [0.15, 0.2) is 9.84 Å². The Labute approximate surface area is 104 Å². The lowest BCUT2D eigenvalue weighted by Crippen LogP contribution is -2.18. The van der Waals surface area contributed by atoms with E-state index in [0.717, 1.165) is 0 Å². The Balaban J connectivity index is 3.11. The number of rotatable bonds is 5. The summed E-state index contributed by atoms with van der Waals surface area (Å²) in [6.07, 6.45) is 0. The van der Waals surface area contributed by atoms with Gasteiger partial charge in [0.05, 0.1) is 10.7 Å². The fourth-order valence-electron chi connectivity index (χ4n) is 1.28. The van der Waals surface area contributed by atoms with Gasteiger partial charge in [-0.3, -0.25) is 10.1 Å². The molecule has 0 amide bonds. The van der Waals surface area contributed by atoms with Crippen LogP contribution in [-0.4, -0.2) is 35.8 Å². The van der Waals surface area contributed by atoms with Crippen molar-refractivity contribution in [1.82, 2.24) is 0 Å². The van der Waals surface area contributed by atoms with Gasteiger partial charge < -0.3 is 5.21 Å². The SMILES string of the molecule is CCS(=O)(=O)C/C(=N\O)c1cccc([N+](=O)[O-])c1. The average Bonchev–Trinajstić information content (AvgIpc) is 2.36. The van der Waals surface area contributed by atoms with Crippen LogP contribution in [-0.2, 0) is 9.84 Å². The van der Waals surface area contributed by atoms with Crippen LogP contribution in [0.25, 0.3) is 0 Å². The molecular weight excluding hydrogens is 260 g/mol. The largest absolute Gasteiger partial charge is 0.411 e. The van der Waals surface area contributed by atoms with Gasteiger partial charge in [0, 0.05) is 23.4 Å². The van der Waals surface area contributed by atoms with Crippen LogP contribution in [0.2, 0.25) is 0 Å². The van der Waals surface area contributed by atoms with E-state index >= 15 is 0 Å². The third kappa shape index (κ3) is 3.52. The molecule has 0 bridgehead atoms. The minimum Gasteiger partial charge on any atom is -0.411 e. The lowest BCUT2D eigenvalue weighted by atomic mass is 10.1. The lowest BCUT2D eigenvalue weighted by Gasteiger charge is -2.04. The third-order valence-corrected chi connectivity index (χ3v) is 3.90. The zero-order valence-electron chi connectivity index (χ0n) is 9.61. The number of hydrogen-bond donors (Lipinski definition) is 1. The summed E-state index contributed by atoms with van der Waals surface area (Å²) in [6.45, 7) is 1.47. The first-order chi connectivity index (χ1) is 8.39. The maximum atomic E-state index is 11.4. The molecule has 0 atom stereocenters. The minimum atomic E-state index is -3.37. The van der Waals surface area contributed by atoms with Crippen molar-refractivity contribution >= 4 is 21.2 Å². The quantitative estimate of drug-likeness (QED) is 0.375. The van der Waals surface area contributed by atoms with Gasteiger partial charge in [-0.25, -0.2) is 8.42 Å². The molecule has 1 aromatic rings. The predicted molar refractivity (Wildman–Crippen MR) is 65.7 cm³/mol. The molecule has 0 saturated heterocycles. The van der Waals surface area contributed by atoms with Crippen LogP contribution >= 0.6 is 0 Å². The van der Waals surface area contributed by atoms with Gasteiger partial charge in [-0.15, -0.1) is 0 Å². The smallest absolute Gasteiger partial charge is 0.270 e. The van der Waals surface area contributed by atoms with Crippen LogP contribution in [0.3, 0.4) is 0 Å². The number of nitro groups is 1. The molecule has 1 aromatic carbocycles. The molecule has 0 aliphatic rings. The zero-order chi connectivity index (χ0) is 13.8. The molecule has 8 heteroatoms. The normalized spacial score (nSPS) is 12.4. The van der Waals surface area contributed by atoms with Crippen molar-refractivity contribution in [2.75, 3.05) is 11.5 Å². The van der Waals surface area contributed by atoms with Crippen LogP contribution in [0.4, 0.5) is 5.69 Å². The molecule has 0 fully saturated rings. The Hall–Kier alpha value is -1.96. The first-order valence-corrected chi connectivity index (χ1v) is 6.88. The highest BCUT2D eigenvalue weighted by Crippen LogP contribution is 2.14. The summed E-state index contributed by atoms with van der Waals surface area (Å²) in [6, 6.07) is 5.29. The fraction of sp³-hybridized carbons (Fsp3) is 0.300. The van der Waals surface area contributed by atoms with E-state index in [-0.39, 0.29) is 22.7 Å². The summed E-state index contributed by atoms with van der Waals surface area (Å²) >= 11 is 0. The van der Waals surface area contributed by atoms with Gasteiger partial charge in [-0.2, -0.15) is 0 Å². The van der Waals surface area contributed by atoms with Crippen LogP contribution in [0.1, 0.15) is 12.5 Å². The van der Waals surface area contributed by atoms with Gasteiger partial charge in [0.25, 0.3) is 5.69 Å². The van der Waals surface area contributed by atoms with E-state index in [9.17, 15) is 18.5 Å². The van der Waals surface area contributed by atoms with E-state index in [4.69, 9.17) is 5.21 Å². The molecule has 1 rings (SSSR count). The highest BCUT2D eigenvalue weighted by atomic mass is 32.2. The number of hydrogen-bond acceptors (Lipinski definition) is 6. The molecule has 0 aromatic heterocycles. The molecule has 0 aliphatic carbocycles. The van der Waals surface area contributed by atoms with Crippen LogP contribution in [0.15, 0.2) is 29.4 Å². The summed E-state index contributed by atoms with van der Waals surface area (Å²) in [5.41, 5.74) is -0.0909. The Morgan fingerprint density at radius 3 is 2.67 bits per heavy atom. The lowest BCUT2D eigenvalue weighted by molar-refractivity contribution is -0.384.